The smallest absolute Gasteiger partial charge is 0.233 e. The zero-order chi connectivity index (χ0) is 12.2. The summed E-state index contributed by atoms with van der Waals surface area (Å²) < 4.78 is 5.27. The molecule has 0 N–H and O–H groups in total. The third-order valence-electron chi connectivity index (χ3n) is 4.35. The van der Waals surface area contributed by atoms with E-state index in [9.17, 15) is 4.79 Å². The molecule has 1 saturated heterocycles. The van der Waals surface area contributed by atoms with Gasteiger partial charge in [-0.2, -0.15) is 0 Å². The number of rotatable bonds is 1. The van der Waals surface area contributed by atoms with Crippen LogP contribution in [0.1, 0.15) is 24.5 Å². The summed E-state index contributed by atoms with van der Waals surface area (Å²) in [4.78, 5) is 14.3. The van der Waals surface area contributed by atoms with Gasteiger partial charge in [-0.15, -0.1) is 0 Å². The molecule has 90 valence electrons. The number of benzene rings is 1. The number of likely N-dealkylation sites (tertiary alicyclic amines) is 1. The third-order valence-corrected chi connectivity index (χ3v) is 4.35. The van der Waals surface area contributed by atoms with Crippen molar-refractivity contribution >= 4 is 5.91 Å². The number of hydrogen-bond donors (Lipinski definition) is 0. The molecule has 1 aromatic rings. The van der Waals surface area contributed by atoms with E-state index in [1.165, 1.54) is 5.56 Å². The molecule has 0 saturated carbocycles. The van der Waals surface area contributed by atoms with Gasteiger partial charge >= 0.3 is 0 Å². The average Bonchev–Trinajstić information content (AvgIpc) is 2.52. The standard InChI is InChI=1S/C14H17NO2/c1-14-8-10(15(2)13(14)16)6-9-4-5-11(17-3)7-12(9)14/h4-5,7,10H,6,8H2,1-3H3/t10-,14-/m1/s1. The number of carbonyl (C=O) groups is 1. The predicted molar refractivity (Wildman–Crippen MR) is 65.2 cm³/mol. The van der Waals surface area contributed by atoms with Crippen molar-refractivity contribution in [2.45, 2.75) is 31.2 Å². The van der Waals surface area contributed by atoms with Gasteiger partial charge in [0.2, 0.25) is 5.91 Å². The van der Waals surface area contributed by atoms with Crippen LogP contribution in [0.5, 0.6) is 5.75 Å². The second-order valence-electron chi connectivity index (χ2n) is 5.33. The molecular formula is C14H17NO2. The molecule has 0 spiro atoms. The molecule has 1 heterocycles. The van der Waals surface area contributed by atoms with E-state index in [0.29, 0.717) is 6.04 Å². The van der Waals surface area contributed by atoms with Crippen LogP contribution >= 0.6 is 0 Å². The fourth-order valence-corrected chi connectivity index (χ4v) is 3.31. The zero-order valence-corrected chi connectivity index (χ0v) is 10.5. The van der Waals surface area contributed by atoms with Crippen LogP contribution in [-0.4, -0.2) is 31.0 Å². The molecule has 1 aliphatic carbocycles. The van der Waals surface area contributed by atoms with Crippen LogP contribution in [0.2, 0.25) is 0 Å². The van der Waals surface area contributed by atoms with Gasteiger partial charge in [0.1, 0.15) is 5.75 Å². The van der Waals surface area contributed by atoms with E-state index in [2.05, 4.69) is 13.0 Å². The van der Waals surface area contributed by atoms with E-state index in [1.807, 2.05) is 24.1 Å². The van der Waals surface area contributed by atoms with Crippen LogP contribution < -0.4 is 4.74 Å². The molecule has 17 heavy (non-hydrogen) atoms. The summed E-state index contributed by atoms with van der Waals surface area (Å²) in [7, 11) is 3.58. The lowest BCUT2D eigenvalue weighted by Crippen LogP contribution is -2.33. The van der Waals surface area contributed by atoms with Crippen LogP contribution in [0.3, 0.4) is 0 Å². The van der Waals surface area contributed by atoms with Crippen molar-refractivity contribution in [2.24, 2.45) is 0 Å². The number of amides is 1. The molecule has 1 aromatic carbocycles. The van der Waals surface area contributed by atoms with Crippen molar-refractivity contribution in [1.29, 1.82) is 0 Å². The topological polar surface area (TPSA) is 29.5 Å². The first-order valence-electron chi connectivity index (χ1n) is 6.01. The maximum Gasteiger partial charge on any atom is 0.233 e. The summed E-state index contributed by atoms with van der Waals surface area (Å²) in [5.41, 5.74) is 2.10. The van der Waals surface area contributed by atoms with Gasteiger partial charge in [0.05, 0.1) is 12.5 Å². The van der Waals surface area contributed by atoms with E-state index in [0.717, 1.165) is 24.2 Å². The van der Waals surface area contributed by atoms with Crippen molar-refractivity contribution in [2.75, 3.05) is 14.2 Å². The Labute approximate surface area is 101 Å². The number of nitrogens with zero attached hydrogens (tertiary/aromatic N) is 1. The number of likely N-dealkylation sites (N-methyl/N-ethyl adjacent to an activating group) is 1. The molecule has 0 aromatic heterocycles. The molecule has 3 rings (SSSR count). The van der Waals surface area contributed by atoms with Gasteiger partial charge in [0.15, 0.2) is 0 Å². The normalized spacial score (nSPS) is 30.4. The minimum absolute atomic E-state index is 0.245. The summed E-state index contributed by atoms with van der Waals surface area (Å²) in [5, 5.41) is 0. The van der Waals surface area contributed by atoms with Gasteiger partial charge in [-0.25, -0.2) is 0 Å². The number of methoxy groups -OCH3 is 1. The van der Waals surface area contributed by atoms with Crippen molar-refractivity contribution < 1.29 is 9.53 Å². The zero-order valence-electron chi connectivity index (χ0n) is 10.5. The number of hydrogen-bond acceptors (Lipinski definition) is 2. The second kappa shape index (κ2) is 3.25. The number of ether oxygens (including phenoxy) is 1. The molecule has 0 radical (unpaired) electrons. The number of carbonyl (C=O) groups excluding carboxylic acids is 1. The van der Waals surface area contributed by atoms with E-state index in [-0.39, 0.29) is 11.3 Å². The molecular weight excluding hydrogens is 214 g/mol. The lowest BCUT2D eigenvalue weighted by molar-refractivity contribution is -0.131. The predicted octanol–water partition coefficient (Wildman–Crippen LogP) is 1.74. The SMILES string of the molecule is COc1ccc2c(c1)[C@@]1(C)C[C@@H](C2)N(C)C1=O. The highest BCUT2D eigenvalue weighted by Crippen LogP contribution is 2.46. The molecule has 1 fully saturated rings. The fourth-order valence-electron chi connectivity index (χ4n) is 3.31. The van der Waals surface area contributed by atoms with Gasteiger partial charge in [0, 0.05) is 13.1 Å². The van der Waals surface area contributed by atoms with Crippen molar-refractivity contribution in [3.05, 3.63) is 29.3 Å². The summed E-state index contributed by atoms with van der Waals surface area (Å²) in [6, 6.07) is 6.49. The highest BCUT2D eigenvalue weighted by molar-refractivity contribution is 5.91. The molecule has 3 heteroatoms. The highest BCUT2D eigenvalue weighted by atomic mass is 16.5. The first kappa shape index (κ1) is 10.6. The molecule has 0 unspecified atom stereocenters. The Morgan fingerprint density at radius 2 is 2.24 bits per heavy atom. The Kier molecular flexibility index (Phi) is 2.03. The summed E-state index contributed by atoms with van der Waals surface area (Å²) >= 11 is 0. The lowest BCUT2D eigenvalue weighted by Gasteiger charge is -2.29. The van der Waals surface area contributed by atoms with Crippen molar-refractivity contribution in [3.63, 3.8) is 0 Å². The minimum atomic E-state index is -0.346. The van der Waals surface area contributed by atoms with Crippen molar-refractivity contribution in [3.8, 4) is 5.75 Å². The maximum absolute atomic E-state index is 12.4. The van der Waals surface area contributed by atoms with E-state index < -0.39 is 0 Å². The van der Waals surface area contributed by atoms with E-state index in [1.54, 1.807) is 7.11 Å². The second-order valence-corrected chi connectivity index (χ2v) is 5.33. The van der Waals surface area contributed by atoms with Crippen LogP contribution in [0.25, 0.3) is 0 Å². The molecule has 2 bridgehead atoms. The van der Waals surface area contributed by atoms with E-state index in [4.69, 9.17) is 4.74 Å². The van der Waals surface area contributed by atoms with Crippen molar-refractivity contribution in [1.82, 2.24) is 4.90 Å². The van der Waals surface area contributed by atoms with Gasteiger partial charge in [-0.1, -0.05) is 6.07 Å². The third kappa shape index (κ3) is 1.25. The Morgan fingerprint density at radius 3 is 2.94 bits per heavy atom. The summed E-state index contributed by atoms with van der Waals surface area (Å²) in [6.07, 6.45) is 1.90. The van der Waals surface area contributed by atoms with Crippen LogP contribution in [0.4, 0.5) is 0 Å². The Hall–Kier alpha value is -1.51. The van der Waals surface area contributed by atoms with Crippen LogP contribution in [0, 0.1) is 0 Å². The Bertz CT molecular complexity index is 497. The Morgan fingerprint density at radius 1 is 1.47 bits per heavy atom. The average molecular weight is 231 g/mol. The maximum atomic E-state index is 12.4. The quantitative estimate of drug-likeness (QED) is 0.736. The molecule has 1 amide bonds. The molecule has 2 aliphatic rings. The van der Waals surface area contributed by atoms with Crippen LogP contribution in [-0.2, 0) is 16.6 Å². The van der Waals surface area contributed by atoms with Crippen LogP contribution in [0.15, 0.2) is 18.2 Å². The fraction of sp³-hybridized carbons (Fsp3) is 0.500. The summed E-state index contributed by atoms with van der Waals surface area (Å²) in [5.74, 6) is 1.08. The minimum Gasteiger partial charge on any atom is -0.497 e. The highest BCUT2D eigenvalue weighted by Gasteiger charge is 2.51. The monoisotopic (exact) mass is 231 g/mol. The molecule has 2 atom stereocenters. The first-order chi connectivity index (χ1) is 8.06. The first-order valence-corrected chi connectivity index (χ1v) is 6.01. The van der Waals surface area contributed by atoms with E-state index >= 15 is 0 Å². The number of fused-ring (bicyclic) bond motifs is 4. The lowest BCUT2D eigenvalue weighted by atomic mass is 9.72. The van der Waals surface area contributed by atoms with Gasteiger partial charge < -0.3 is 9.64 Å². The Balaban J connectivity index is 2.18. The molecule has 1 aliphatic heterocycles. The van der Waals surface area contributed by atoms with Gasteiger partial charge in [-0.05, 0) is 43.0 Å². The summed E-state index contributed by atoms with van der Waals surface area (Å²) in [6.45, 7) is 2.06. The largest absolute Gasteiger partial charge is 0.497 e. The van der Waals surface area contributed by atoms with Gasteiger partial charge in [0.25, 0.3) is 0 Å². The molecule has 3 nitrogen and oxygen atoms in total. The van der Waals surface area contributed by atoms with Gasteiger partial charge in [-0.3, -0.25) is 4.79 Å².